The standard InChI is InChI=1S/C15H16N2O3S/c16-13(12-5-2-8-21-12)14(18)17-7-6-10-3-1-4-11(9-10)15(19)20/h1-5,8-9,13H,6-7,16H2,(H,17,18)(H,19,20). The third-order valence-electron chi connectivity index (χ3n) is 3.02. The second-order valence-electron chi connectivity index (χ2n) is 4.54. The van der Waals surface area contributed by atoms with Crippen LogP contribution in [-0.4, -0.2) is 23.5 Å². The molecule has 0 saturated carbocycles. The quantitative estimate of drug-likeness (QED) is 0.759. The Hall–Kier alpha value is -2.18. The average Bonchev–Trinajstić information content (AvgIpc) is 3.00. The zero-order valence-electron chi connectivity index (χ0n) is 11.3. The number of nitrogens with one attached hydrogen (secondary N) is 1. The molecule has 0 saturated heterocycles. The maximum Gasteiger partial charge on any atom is 0.335 e. The second-order valence-corrected chi connectivity index (χ2v) is 5.52. The number of nitrogens with two attached hydrogens (primary N) is 1. The zero-order valence-corrected chi connectivity index (χ0v) is 12.1. The summed E-state index contributed by atoms with van der Waals surface area (Å²) in [5.41, 5.74) is 6.95. The van der Waals surface area contributed by atoms with Gasteiger partial charge in [-0.15, -0.1) is 11.3 Å². The highest BCUT2D eigenvalue weighted by molar-refractivity contribution is 7.10. The molecule has 0 aliphatic heterocycles. The van der Waals surface area contributed by atoms with E-state index in [1.807, 2.05) is 23.6 Å². The molecule has 1 amide bonds. The first-order chi connectivity index (χ1) is 10.1. The lowest BCUT2D eigenvalue weighted by Crippen LogP contribution is -2.34. The van der Waals surface area contributed by atoms with Crippen LogP contribution in [0.4, 0.5) is 0 Å². The van der Waals surface area contributed by atoms with Gasteiger partial charge in [-0.25, -0.2) is 4.79 Å². The van der Waals surface area contributed by atoms with Crippen molar-refractivity contribution in [3.63, 3.8) is 0 Å². The highest BCUT2D eigenvalue weighted by Gasteiger charge is 2.15. The first-order valence-corrected chi connectivity index (χ1v) is 7.35. The summed E-state index contributed by atoms with van der Waals surface area (Å²) in [7, 11) is 0. The molecule has 1 unspecified atom stereocenters. The molecule has 0 fully saturated rings. The summed E-state index contributed by atoms with van der Waals surface area (Å²) in [6.45, 7) is 0.418. The Morgan fingerprint density at radius 1 is 1.29 bits per heavy atom. The fourth-order valence-corrected chi connectivity index (χ4v) is 2.62. The molecule has 1 heterocycles. The molecule has 2 aromatic rings. The van der Waals surface area contributed by atoms with E-state index in [1.54, 1.807) is 12.1 Å². The number of carbonyl (C=O) groups is 2. The lowest BCUT2D eigenvalue weighted by atomic mass is 10.1. The van der Waals surface area contributed by atoms with Crippen LogP contribution in [0, 0.1) is 0 Å². The van der Waals surface area contributed by atoms with Crippen molar-refractivity contribution >= 4 is 23.2 Å². The summed E-state index contributed by atoms with van der Waals surface area (Å²) in [6.07, 6.45) is 0.560. The van der Waals surface area contributed by atoms with Crippen molar-refractivity contribution in [3.05, 3.63) is 57.8 Å². The van der Waals surface area contributed by atoms with Crippen LogP contribution in [0.3, 0.4) is 0 Å². The van der Waals surface area contributed by atoms with E-state index in [4.69, 9.17) is 10.8 Å². The van der Waals surface area contributed by atoms with Gasteiger partial charge >= 0.3 is 5.97 Å². The molecule has 6 heteroatoms. The number of hydrogen-bond donors (Lipinski definition) is 3. The van der Waals surface area contributed by atoms with E-state index in [0.29, 0.717) is 13.0 Å². The average molecular weight is 304 g/mol. The van der Waals surface area contributed by atoms with E-state index in [0.717, 1.165) is 10.4 Å². The highest BCUT2D eigenvalue weighted by atomic mass is 32.1. The van der Waals surface area contributed by atoms with Crippen LogP contribution in [-0.2, 0) is 11.2 Å². The minimum absolute atomic E-state index is 0.230. The monoisotopic (exact) mass is 304 g/mol. The van der Waals surface area contributed by atoms with Gasteiger partial charge in [0.05, 0.1) is 5.56 Å². The van der Waals surface area contributed by atoms with Crippen molar-refractivity contribution in [1.29, 1.82) is 0 Å². The molecule has 0 radical (unpaired) electrons. The first kappa shape index (κ1) is 15.2. The van der Waals surface area contributed by atoms with E-state index in [-0.39, 0.29) is 11.5 Å². The predicted octanol–water partition coefficient (Wildman–Crippen LogP) is 1.80. The Morgan fingerprint density at radius 3 is 2.76 bits per heavy atom. The van der Waals surface area contributed by atoms with Gasteiger partial charge in [0.15, 0.2) is 0 Å². The number of benzene rings is 1. The van der Waals surface area contributed by atoms with E-state index in [1.165, 1.54) is 17.4 Å². The molecule has 1 aromatic carbocycles. The lowest BCUT2D eigenvalue weighted by Gasteiger charge is -2.10. The van der Waals surface area contributed by atoms with Crippen molar-refractivity contribution in [1.82, 2.24) is 5.32 Å². The van der Waals surface area contributed by atoms with Gasteiger partial charge in [-0.1, -0.05) is 18.2 Å². The predicted molar refractivity (Wildman–Crippen MR) is 81.4 cm³/mol. The SMILES string of the molecule is NC(C(=O)NCCc1cccc(C(=O)O)c1)c1cccs1. The van der Waals surface area contributed by atoms with Gasteiger partial charge in [0, 0.05) is 11.4 Å². The van der Waals surface area contributed by atoms with E-state index in [9.17, 15) is 9.59 Å². The van der Waals surface area contributed by atoms with Crippen molar-refractivity contribution in [2.75, 3.05) is 6.54 Å². The summed E-state index contributed by atoms with van der Waals surface area (Å²) < 4.78 is 0. The molecule has 0 spiro atoms. The molecule has 1 atom stereocenters. The highest BCUT2D eigenvalue weighted by Crippen LogP contribution is 2.16. The number of carboxylic acid groups (broad SMARTS) is 1. The number of rotatable bonds is 6. The molecular weight excluding hydrogens is 288 g/mol. The Kier molecular flexibility index (Phi) is 5.08. The van der Waals surface area contributed by atoms with Crippen LogP contribution < -0.4 is 11.1 Å². The van der Waals surface area contributed by atoms with Gasteiger partial charge in [-0.3, -0.25) is 4.79 Å². The number of amides is 1. The molecule has 0 aliphatic rings. The van der Waals surface area contributed by atoms with Gasteiger partial charge in [-0.05, 0) is 35.6 Å². The van der Waals surface area contributed by atoms with Gasteiger partial charge in [0.2, 0.25) is 5.91 Å². The van der Waals surface area contributed by atoms with Crippen LogP contribution in [0.2, 0.25) is 0 Å². The van der Waals surface area contributed by atoms with Gasteiger partial charge in [0.1, 0.15) is 6.04 Å². The second kappa shape index (κ2) is 7.01. The molecule has 4 N–H and O–H groups in total. The van der Waals surface area contributed by atoms with Crippen molar-refractivity contribution in [2.45, 2.75) is 12.5 Å². The Morgan fingerprint density at radius 2 is 2.10 bits per heavy atom. The normalized spacial score (nSPS) is 11.9. The molecule has 5 nitrogen and oxygen atoms in total. The van der Waals surface area contributed by atoms with Crippen molar-refractivity contribution in [3.8, 4) is 0 Å². The maximum absolute atomic E-state index is 11.9. The topological polar surface area (TPSA) is 92.4 Å². The molecule has 2 rings (SSSR count). The van der Waals surface area contributed by atoms with Gasteiger partial charge in [0.25, 0.3) is 0 Å². The largest absolute Gasteiger partial charge is 0.478 e. The fraction of sp³-hybridized carbons (Fsp3) is 0.200. The smallest absolute Gasteiger partial charge is 0.335 e. The van der Waals surface area contributed by atoms with Crippen molar-refractivity contribution < 1.29 is 14.7 Å². The number of carbonyl (C=O) groups excluding carboxylic acids is 1. The molecule has 0 aliphatic carbocycles. The molecule has 0 bridgehead atoms. The zero-order chi connectivity index (χ0) is 15.2. The minimum Gasteiger partial charge on any atom is -0.478 e. The Bertz CT molecular complexity index is 626. The molecule has 1 aromatic heterocycles. The van der Waals surface area contributed by atoms with Crippen molar-refractivity contribution in [2.24, 2.45) is 5.73 Å². The van der Waals surface area contributed by atoms with Gasteiger partial charge in [-0.2, -0.15) is 0 Å². The Balaban J connectivity index is 1.85. The van der Waals surface area contributed by atoms with Crippen LogP contribution in [0.25, 0.3) is 0 Å². The maximum atomic E-state index is 11.9. The number of carboxylic acids is 1. The number of hydrogen-bond acceptors (Lipinski definition) is 4. The number of aromatic carboxylic acids is 1. The summed E-state index contributed by atoms with van der Waals surface area (Å²) in [4.78, 5) is 23.6. The van der Waals surface area contributed by atoms with Crippen LogP contribution in [0.15, 0.2) is 41.8 Å². The first-order valence-electron chi connectivity index (χ1n) is 6.47. The molecule has 110 valence electrons. The molecular formula is C15H16N2O3S. The summed E-state index contributed by atoms with van der Waals surface area (Å²) in [5, 5.41) is 13.6. The molecule has 21 heavy (non-hydrogen) atoms. The van der Waals surface area contributed by atoms with Crippen LogP contribution in [0.1, 0.15) is 26.8 Å². The minimum atomic E-state index is -0.958. The number of thiophene rings is 1. The fourth-order valence-electron chi connectivity index (χ4n) is 1.90. The van der Waals surface area contributed by atoms with E-state index in [2.05, 4.69) is 5.32 Å². The van der Waals surface area contributed by atoms with Crippen LogP contribution in [0.5, 0.6) is 0 Å². The third kappa shape index (κ3) is 4.14. The summed E-state index contributed by atoms with van der Waals surface area (Å²) in [6, 6.07) is 9.69. The van der Waals surface area contributed by atoms with Gasteiger partial charge < -0.3 is 16.2 Å². The Labute approximate surface area is 126 Å². The van der Waals surface area contributed by atoms with E-state index < -0.39 is 12.0 Å². The van der Waals surface area contributed by atoms with Crippen LogP contribution >= 0.6 is 11.3 Å². The summed E-state index contributed by atoms with van der Waals surface area (Å²) in [5.74, 6) is -1.19. The summed E-state index contributed by atoms with van der Waals surface area (Å²) >= 11 is 1.44. The van der Waals surface area contributed by atoms with E-state index >= 15 is 0 Å². The third-order valence-corrected chi connectivity index (χ3v) is 3.97. The lowest BCUT2D eigenvalue weighted by molar-refractivity contribution is -0.122.